The topological polar surface area (TPSA) is 145 Å². The Kier molecular flexibility index (Phi) is 43.1. The molecule has 0 aliphatic carbocycles. The molecule has 0 amide bonds. The molecule has 0 fully saturated rings. The number of phosphoric ester groups is 2. The second kappa shape index (κ2) is 33.9. The molecule has 12 heteroatoms. The molecular weight excluding hydrogens is 558 g/mol. The first-order chi connectivity index (χ1) is 16.1. The van der Waals surface area contributed by atoms with Gasteiger partial charge in [0.1, 0.15) is 0 Å². The van der Waals surface area contributed by atoms with Gasteiger partial charge in [0.15, 0.2) is 0 Å². The third-order valence-corrected chi connectivity index (χ3v) is 6.49. The Bertz CT molecular complexity index is 461. The van der Waals surface area contributed by atoms with E-state index in [1.165, 1.54) is 89.9 Å². The van der Waals surface area contributed by atoms with Crippen molar-refractivity contribution in [1.82, 2.24) is 0 Å². The SMILES string of the molecule is CCCCCCCCCCCCOP(=O)([O-])[O-].CCCCCCCCCCCCOP(=O)([O-])[O-].[Ca+2].[Ca+2]. The molecule has 0 aromatic rings. The molecule has 208 valence electrons. The summed E-state index contributed by atoms with van der Waals surface area (Å²) in [6.07, 6.45) is 23.4. The zero-order valence-electron chi connectivity index (χ0n) is 23.1. The van der Waals surface area contributed by atoms with Gasteiger partial charge in [-0.05, 0) is 12.8 Å². The third-order valence-electron chi connectivity index (χ3n) is 5.49. The van der Waals surface area contributed by atoms with Gasteiger partial charge >= 0.3 is 75.5 Å². The molecule has 0 aliphatic rings. The largest absolute Gasteiger partial charge is 2.00 e. The van der Waals surface area contributed by atoms with Crippen molar-refractivity contribution in [3.05, 3.63) is 0 Å². The van der Waals surface area contributed by atoms with Crippen LogP contribution in [0.25, 0.3) is 0 Å². The van der Waals surface area contributed by atoms with E-state index in [1.807, 2.05) is 0 Å². The second-order valence-corrected chi connectivity index (χ2v) is 11.2. The van der Waals surface area contributed by atoms with Crippen LogP contribution in [0.3, 0.4) is 0 Å². The van der Waals surface area contributed by atoms with Crippen LogP contribution in [-0.2, 0) is 18.2 Å². The predicted octanol–water partition coefficient (Wildman–Crippen LogP) is 4.74. The average molecular weight is 609 g/mol. The molecule has 0 saturated heterocycles. The molecule has 8 nitrogen and oxygen atoms in total. The minimum absolute atomic E-state index is 0. The summed E-state index contributed by atoms with van der Waals surface area (Å²) in [7, 11) is -9.49. The van der Waals surface area contributed by atoms with E-state index >= 15 is 0 Å². The van der Waals surface area contributed by atoms with E-state index in [2.05, 4.69) is 22.9 Å². The fraction of sp³-hybridized carbons (Fsp3) is 1.00. The first kappa shape index (κ1) is 45.7. The minimum Gasteiger partial charge on any atom is -0.790 e. The molecule has 0 saturated carbocycles. The monoisotopic (exact) mass is 608 g/mol. The van der Waals surface area contributed by atoms with Crippen molar-refractivity contribution in [2.75, 3.05) is 13.2 Å². The fourth-order valence-corrected chi connectivity index (χ4v) is 4.24. The van der Waals surface area contributed by atoms with E-state index in [0.717, 1.165) is 25.7 Å². The summed E-state index contributed by atoms with van der Waals surface area (Å²) in [4.78, 5) is 40.6. The van der Waals surface area contributed by atoms with Gasteiger partial charge in [-0.2, -0.15) is 0 Å². The van der Waals surface area contributed by atoms with Crippen LogP contribution in [0.1, 0.15) is 142 Å². The van der Waals surface area contributed by atoms with Crippen molar-refractivity contribution in [2.45, 2.75) is 142 Å². The average Bonchev–Trinajstić information content (AvgIpc) is 2.75. The molecule has 0 heterocycles. The molecule has 0 N–H and O–H groups in total. The van der Waals surface area contributed by atoms with Crippen LogP contribution in [0.15, 0.2) is 0 Å². The van der Waals surface area contributed by atoms with Crippen molar-refractivity contribution >= 4 is 91.1 Å². The van der Waals surface area contributed by atoms with Crippen molar-refractivity contribution in [2.24, 2.45) is 0 Å². The van der Waals surface area contributed by atoms with Crippen LogP contribution in [0.2, 0.25) is 0 Å². The van der Waals surface area contributed by atoms with Crippen molar-refractivity contribution < 1.29 is 37.8 Å². The summed E-state index contributed by atoms with van der Waals surface area (Å²) in [6, 6.07) is 0. The molecule has 0 aromatic heterocycles. The summed E-state index contributed by atoms with van der Waals surface area (Å²) in [5.41, 5.74) is 0. The Morgan fingerprint density at radius 1 is 0.417 bits per heavy atom. The maximum atomic E-state index is 10.1. The minimum atomic E-state index is -4.74. The Labute approximate surface area is 281 Å². The van der Waals surface area contributed by atoms with Crippen molar-refractivity contribution in [3.63, 3.8) is 0 Å². The van der Waals surface area contributed by atoms with Gasteiger partial charge in [0.25, 0.3) is 0 Å². The van der Waals surface area contributed by atoms with E-state index in [0.29, 0.717) is 12.8 Å². The van der Waals surface area contributed by atoms with Crippen LogP contribution < -0.4 is 19.6 Å². The Hall–Kier alpha value is 2.74. The first-order valence-electron chi connectivity index (χ1n) is 13.5. The van der Waals surface area contributed by atoms with Crippen molar-refractivity contribution in [1.29, 1.82) is 0 Å². The van der Waals surface area contributed by atoms with Crippen molar-refractivity contribution in [3.8, 4) is 0 Å². The molecule has 0 unspecified atom stereocenters. The van der Waals surface area contributed by atoms with Gasteiger partial charge in [-0.3, -0.25) is 0 Å². The fourth-order valence-electron chi connectivity index (χ4n) is 3.53. The van der Waals surface area contributed by atoms with Crippen LogP contribution in [-0.4, -0.2) is 88.7 Å². The molecule has 0 bridgehead atoms. The molecule has 0 atom stereocenters. The summed E-state index contributed by atoms with van der Waals surface area (Å²) in [5.74, 6) is 0. The van der Waals surface area contributed by atoms with E-state index in [-0.39, 0.29) is 88.7 Å². The number of rotatable bonds is 24. The summed E-state index contributed by atoms with van der Waals surface area (Å²) < 4.78 is 28.6. The maximum Gasteiger partial charge on any atom is 2.00 e. The smallest absolute Gasteiger partial charge is 0.790 e. The number of hydrogen-bond acceptors (Lipinski definition) is 8. The normalized spacial score (nSPS) is 11.3. The summed E-state index contributed by atoms with van der Waals surface area (Å²) >= 11 is 0. The van der Waals surface area contributed by atoms with Crippen LogP contribution in [0, 0.1) is 0 Å². The number of unbranched alkanes of at least 4 members (excludes halogenated alkanes) is 18. The van der Waals surface area contributed by atoms with E-state index in [9.17, 15) is 28.7 Å². The van der Waals surface area contributed by atoms with Gasteiger partial charge in [0, 0.05) is 0 Å². The van der Waals surface area contributed by atoms with E-state index in [4.69, 9.17) is 0 Å². The number of hydrogen-bond donors (Lipinski definition) is 0. The zero-order chi connectivity index (χ0) is 26.0. The summed E-state index contributed by atoms with van der Waals surface area (Å²) in [6.45, 7) is 4.51. The molecule has 0 aromatic carbocycles. The van der Waals surface area contributed by atoms with Crippen LogP contribution >= 0.6 is 15.6 Å². The van der Waals surface area contributed by atoms with Gasteiger partial charge in [-0.1, -0.05) is 129 Å². The molecule has 0 rings (SSSR count). The van der Waals surface area contributed by atoms with Gasteiger partial charge in [0.2, 0.25) is 0 Å². The molecule has 36 heavy (non-hydrogen) atoms. The van der Waals surface area contributed by atoms with E-state index < -0.39 is 15.6 Å². The summed E-state index contributed by atoms with van der Waals surface area (Å²) in [5, 5.41) is 0. The molecule has 0 aliphatic heterocycles. The van der Waals surface area contributed by atoms with Gasteiger partial charge in [-0.15, -0.1) is 0 Å². The van der Waals surface area contributed by atoms with E-state index in [1.54, 1.807) is 0 Å². The van der Waals surface area contributed by atoms with Crippen LogP contribution in [0.4, 0.5) is 0 Å². The molecule has 0 spiro atoms. The predicted molar refractivity (Wildman–Crippen MR) is 142 cm³/mol. The number of phosphoric acid groups is 2. The van der Waals surface area contributed by atoms with Gasteiger partial charge in [0.05, 0.1) is 28.9 Å². The molecular formula is C24H50Ca2O8P2. The molecule has 0 radical (unpaired) electrons. The van der Waals surface area contributed by atoms with Crippen LogP contribution in [0.5, 0.6) is 0 Å². The Morgan fingerprint density at radius 3 is 0.806 bits per heavy atom. The standard InChI is InChI=1S/2C12H27O4P.2Ca/c2*1-2-3-4-5-6-7-8-9-10-11-12-16-17(13,14)15;;/h2*2-12H2,1H3,(H2,13,14,15);;/q;;2*+2/p-4. The first-order valence-corrected chi connectivity index (χ1v) is 16.4. The van der Waals surface area contributed by atoms with Gasteiger partial charge in [-0.25, -0.2) is 0 Å². The third kappa shape index (κ3) is 49.7. The maximum absolute atomic E-state index is 10.1. The zero-order valence-corrected chi connectivity index (χ0v) is 29.3. The van der Waals surface area contributed by atoms with Gasteiger partial charge < -0.3 is 37.8 Å². The quantitative estimate of drug-likeness (QED) is 0.0868. The second-order valence-electron chi connectivity index (χ2n) is 8.92. The Morgan fingerprint density at radius 2 is 0.611 bits per heavy atom. The Balaban J connectivity index is -0.000000269.